The summed E-state index contributed by atoms with van der Waals surface area (Å²) in [5.41, 5.74) is 4.59. The minimum atomic E-state index is 0.0270. The molecule has 2 aromatic carbocycles. The SMILES string of the molecule is CC(C)c1cccc(C(=O)NC2CCc3ccccc32)c1. The zero-order chi connectivity index (χ0) is 14.8. The topological polar surface area (TPSA) is 29.1 Å². The van der Waals surface area contributed by atoms with Crippen LogP contribution in [0, 0.1) is 0 Å². The fraction of sp³-hybridized carbons (Fsp3) is 0.316. The largest absolute Gasteiger partial charge is 0.345 e. The van der Waals surface area contributed by atoms with Crippen molar-refractivity contribution in [3.63, 3.8) is 0 Å². The number of rotatable bonds is 3. The molecule has 0 heterocycles. The summed E-state index contributed by atoms with van der Waals surface area (Å²) in [4.78, 5) is 12.5. The highest BCUT2D eigenvalue weighted by Crippen LogP contribution is 2.31. The van der Waals surface area contributed by atoms with Crippen molar-refractivity contribution in [2.75, 3.05) is 0 Å². The average molecular weight is 279 g/mol. The van der Waals surface area contributed by atoms with Crippen molar-refractivity contribution in [3.8, 4) is 0 Å². The first-order valence-corrected chi connectivity index (χ1v) is 7.64. The molecule has 2 nitrogen and oxygen atoms in total. The van der Waals surface area contributed by atoms with Crippen LogP contribution in [-0.2, 0) is 6.42 Å². The van der Waals surface area contributed by atoms with Crippen LogP contribution >= 0.6 is 0 Å². The van der Waals surface area contributed by atoms with E-state index in [1.165, 1.54) is 16.7 Å². The van der Waals surface area contributed by atoms with Gasteiger partial charge < -0.3 is 5.32 Å². The first kappa shape index (κ1) is 13.9. The molecule has 1 atom stereocenters. The van der Waals surface area contributed by atoms with Crippen LogP contribution in [0.15, 0.2) is 48.5 Å². The molecule has 2 heteroatoms. The molecule has 1 unspecified atom stereocenters. The van der Waals surface area contributed by atoms with Gasteiger partial charge in [-0.2, -0.15) is 0 Å². The van der Waals surface area contributed by atoms with Gasteiger partial charge in [0.1, 0.15) is 0 Å². The number of hydrogen-bond acceptors (Lipinski definition) is 1. The van der Waals surface area contributed by atoms with Crippen molar-refractivity contribution < 1.29 is 4.79 Å². The van der Waals surface area contributed by atoms with Gasteiger partial charge in [0.2, 0.25) is 0 Å². The molecule has 21 heavy (non-hydrogen) atoms. The van der Waals surface area contributed by atoms with E-state index in [-0.39, 0.29) is 11.9 Å². The zero-order valence-corrected chi connectivity index (χ0v) is 12.6. The summed E-state index contributed by atoms with van der Waals surface area (Å²) in [5, 5.41) is 3.18. The molecule has 0 fully saturated rings. The van der Waals surface area contributed by atoms with Crippen LogP contribution in [0.4, 0.5) is 0 Å². The third-order valence-electron chi connectivity index (χ3n) is 4.25. The molecule has 108 valence electrons. The lowest BCUT2D eigenvalue weighted by atomic mass is 10.0. The van der Waals surface area contributed by atoms with E-state index in [1.807, 2.05) is 24.3 Å². The summed E-state index contributed by atoms with van der Waals surface area (Å²) in [7, 11) is 0. The molecular formula is C19H21NO. The van der Waals surface area contributed by atoms with Gasteiger partial charge in [-0.1, -0.05) is 50.2 Å². The van der Waals surface area contributed by atoms with Gasteiger partial charge in [0.05, 0.1) is 6.04 Å². The van der Waals surface area contributed by atoms with E-state index in [1.54, 1.807) is 0 Å². The number of carbonyl (C=O) groups is 1. The van der Waals surface area contributed by atoms with E-state index in [0.29, 0.717) is 5.92 Å². The molecule has 0 saturated carbocycles. The highest BCUT2D eigenvalue weighted by atomic mass is 16.1. The smallest absolute Gasteiger partial charge is 0.251 e. The van der Waals surface area contributed by atoms with Crippen molar-refractivity contribution in [1.29, 1.82) is 0 Å². The van der Waals surface area contributed by atoms with E-state index >= 15 is 0 Å². The number of aryl methyl sites for hydroxylation is 1. The molecule has 0 radical (unpaired) electrons. The van der Waals surface area contributed by atoms with Crippen LogP contribution in [0.1, 0.15) is 59.3 Å². The Kier molecular flexibility index (Phi) is 3.78. The summed E-state index contributed by atoms with van der Waals surface area (Å²) in [6.45, 7) is 4.29. The summed E-state index contributed by atoms with van der Waals surface area (Å²) in [5.74, 6) is 0.462. The average Bonchev–Trinajstić information content (AvgIpc) is 2.91. The fourth-order valence-corrected chi connectivity index (χ4v) is 2.99. The van der Waals surface area contributed by atoms with E-state index in [2.05, 4.69) is 43.4 Å². The number of nitrogens with one attached hydrogen (secondary N) is 1. The van der Waals surface area contributed by atoms with Crippen molar-refractivity contribution in [2.24, 2.45) is 0 Å². The van der Waals surface area contributed by atoms with Crippen LogP contribution in [0.5, 0.6) is 0 Å². The van der Waals surface area contributed by atoms with Crippen LogP contribution in [0.3, 0.4) is 0 Å². The number of benzene rings is 2. The van der Waals surface area contributed by atoms with Gasteiger partial charge in [-0.25, -0.2) is 0 Å². The number of fused-ring (bicyclic) bond motifs is 1. The molecule has 1 aliphatic carbocycles. The third kappa shape index (κ3) is 2.85. The van der Waals surface area contributed by atoms with Crippen LogP contribution in [0.25, 0.3) is 0 Å². The maximum atomic E-state index is 12.5. The Balaban J connectivity index is 1.77. The summed E-state index contributed by atoms with van der Waals surface area (Å²) in [6, 6.07) is 16.5. The standard InChI is InChI=1S/C19H21NO/c1-13(2)15-7-5-8-16(12-15)19(21)20-18-11-10-14-6-3-4-9-17(14)18/h3-9,12-13,18H,10-11H2,1-2H3,(H,20,21). The minimum absolute atomic E-state index is 0.0270. The lowest BCUT2D eigenvalue weighted by Gasteiger charge is -2.15. The Morgan fingerprint density at radius 3 is 2.76 bits per heavy atom. The summed E-state index contributed by atoms with van der Waals surface area (Å²) < 4.78 is 0. The first-order valence-electron chi connectivity index (χ1n) is 7.64. The quantitative estimate of drug-likeness (QED) is 0.895. The fourth-order valence-electron chi connectivity index (χ4n) is 2.99. The minimum Gasteiger partial charge on any atom is -0.345 e. The van der Waals surface area contributed by atoms with E-state index < -0.39 is 0 Å². The predicted molar refractivity (Wildman–Crippen MR) is 85.5 cm³/mol. The van der Waals surface area contributed by atoms with Crippen LogP contribution < -0.4 is 5.32 Å². The molecule has 1 N–H and O–H groups in total. The van der Waals surface area contributed by atoms with Gasteiger partial charge in [0.25, 0.3) is 5.91 Å². The van der Waals surface area contributed by atoms with Crippen LogP contribution in [0.2, 0.25) is 0 Å². The molecule has 2 aromatic rings. The van der Waals surface area contributed by atoms with Crippen molar-refractivity contribution >= 4 is 5.91 Å². The van der Waals surface area contributed by atoms with E-state index in [9.17, 15) is 4.79 Å². The molecule has 1 amide bonds. The Morgan fingerprint density at radius 2 is 1.95 bits per heavy atom. The predicted octanol–water partition coefficient (Wildman–Crippen LogP) is 4.23. The molecule has 0 aliphatic heterocycles. The molecule has 0 saturated heterocycles. The maximum Gasteiger partial charge on any atom is 0.251 e. The maximum absolute atomic E-state index is 12.5. The summed E-state index contributed by atoms with van der Waals surface area (Å²) in [6.07, 6.45) is 2.04. The second-order valence-corrected chi connectivity index (χ2v) is 6.04. The molecular weight excluding hydrogens is 258 g/mol. The lowest BCUT2D eigenvalue weighted by Crippen LogP contribution is -2.27. The lowest BCUT2D eigenvalue weighted by molar-refractivity contribution is 0.0936. The van der Waals surface area contributed by atoms with Gasteiger partial charge >= 0.3 is 0 Å². The second-order valence-electron chi connectivity index (χ2n) is 6.04. The van der Waals surface area contributed by atoms with Gasteiger partial charge in [0.15, 0.2) is 0 Å². The monoisotopic (exact) mass is 279 g/mol. The molecule has 3 rings (SSSR count). The molecule has 0 spiro atoms. The van der Waals surface area contributed by atoms with Gasteiger partial charge in [-0.15, -0.1) is 0 Å². The van der Waals surface area contributed by atoms with Crippen molar-refractivity contribution in [3.05, 3.63) is 70.8 Å². The Morgan fingerprint density at radius 1 is 1.14 bits per heavy atom. The molecule has 0 bridgehead atoms. The Hall–Kier alpha value is -2.09. The van der Waals surface area contributed by atoms with Gasteiger partial charge in [0, 0.05) is 5.56 Å². The zero-order valence-electron chi connectivity index (χ0n) is 12.6. The van der Waals surface area contributed by atoms with Crippen molar-refractivity contribution in [1.82, 2.24) is 5.32 Å². The highest BCUT2D eigenvalue weighted by Gasteiger charge is 2.23. The molecule has 0 aromatic heterocycles. The highest BCUT2D eigenvalue weighted by molar-refractivity contribution is 5.94. The van der Waals surface area contributed by atoms with Crippen LogP contribution in [-0.4, -0.2) is 5.91 Å². The number of hydrogen-bond donors (Lipinski definition) is 1. The number of carbonyl (C=O) groups excluding carboxylic acids is 1. The summed E-state index contributed by atoms with van der Waals surface area (Å²) >= 11 is 0. The van der Waals surface area contributed by atoms with Gasteiger partial charge in [-0.3, -0.25) is 4.79 Å². The second kappa shape index (κ2) is 5.72. The third-order valence-corrected chi connectivity index (χ3v) is 4.25. The van der Waals surface area contributed by atoms with Crippen molar-refractivity contribution in [2.45, 2.75) is 38.6 Å². The number of amides is 1. The van der Waals surface area contributed by atoms with E-state index in [0.717, 1.165) is 18.4 Å². The normalized spacial score (nSPS) is 16.8. The van der Waals surface area contributed by atoms with Gasteiger partial charge in [-0.05, 0) is 47.6 Å². The Labute approximate surface area is 126 Å². The van der Waals surface area contributed by atoms with E-state index in [4.69, 9.17) is 0 Å². The first-order chi connectivity index (χ1) is 10.1. The molecule has 1 aliphatic rings. The Bertz CT molecular complexity index is 660.